The summed E-state index contributed by atoms with van der Waals surface area (Å²) in [6, 6.07) is 0. The lowest BCUT2D eigenvalue weighted by atomic mass is 9.82. The molecule has 0 aliphatic heterocycles. The number of sulfonamides is 1. The molecule has 1 saturated carbocycles. The first-order valence-electron chi connectivity index (χ1n) is 6.40. The van der Waals surface area contributed by atoms with Gasteiger partial charge in [0.2, 0.25) is 0 Å². The summed E-state index contributed by atoms with van der Waals surface area (Å²) in [5, 5.41) is 11.9. The van der Waals surface area contributed by atoms with Gasteiger partial charge in [-0.1, -0.05) is 24.4 Å². The van der Waals surface area contributed by atoms with Crippen molar-refractivity contribution in [3.05, 3.63) is 12.5 Å². The van der Waals surface area contributed by atoms with Gasteiger partial charge in [0.25, 0.3) is 10.0 Å². The molecular formula is C11H19N5O3S. The van der Waals surface area contributed by atoms with E-state index in [4.69, 9.17) is 10.9 Å². The molecule has 0 atom stereocenters. The number of nitrogens with one attached hydrogen (secondary N) is 1. The number of hydrogen-bond donors (Lipinski definition) is 3. The molecule has 112 valence electrons. The summed E-state index contributed by atoms with van der Waals surface area (Å²) in [5.41, 5.74) is 4.70. The average Bonchev–Trinajstić information content (AvgIpc) is 2.86. The van der Waals surface area contributed by atoms with Gasteiger partial charge in [0, 0.05) is 13.2 Å². The van der Waals surface area contributed by atoms with Gasteiger partial charge in [-0.15, -0.1) is 0 Å². The number of oxime groups is 1. The fourth-order valence-electron chi connectivity index (χ4n) is 2.50. The van der Waals surface area contributed by atoms with Crippen LogP contribution in [0.5, 0.6) is 0 Å². The summed E-state index contributed by atoms with van der Waals surface area (Å²) in [4.78, 5) is 3.84. The Morgan fingerprint density at radius 1 is 1.50 bits per heavy atom. The summed E-state index contributed by atoms with van der Waals surface area (Å²) in [6.45, 7) is 0. The molecule has 2 rings (SSSR count). The molecular weight excluding hydrogens is 282 g/mol. The molecule has 0 unspecified atom stereocenters. The van der Waals surface area contributed by atoms with Gasteiger partial charge < -0.3 is 15.5 Å². The molecule has 9 heteroatoms. The molecule has 4 N–H and O–H groups in total. The Morgan fingerprint density at radius 3 is 2.65 bits per heavy atom. The van der Waals surface area contributed by atoms with Crippen LogP contribution in [-0.2, 0) is 17.1 Å². The van der Waals surface area contributed by atoms with Gasteiger partial charge in [-0.05, 0) is 12.8 Å². The largest absolute Gasteiger partial charge is 0.409 e. The molecule has 1 heterocycles. The van der Waals surface area contributed by atoms with Crippen molar-refractivity contribution < 1.29 is 13.6 Å². The van der Waals surface area contributed by atoms with E-state index in [0.29, 0.717) is 12.8 Å². The van der Waals surface area contributed by atoms with E-state index in [1.165, 1.54) is 12.5 Å². The second-order valence-corrected chi connectivity index (χ2v) is 6.74. The molecule has 20 heavy (non-hydrogen) atoms. The van der Waals surface area contributed by atoms with Gasteiger partial charge in [-0.25, -0.2) is 13.4 Å². The Morgan fingerprint density at radius 2 is 2.15 bits per heavy atom. The van der Waals surface area contributed by atoms with E-state index < -0.39 is 15.6 Å². The number of nitrogens with zero attached hydrogens (tertiary/aromatic N) is 3. The molecule has 1 aromatic heterocycles. The van der Waals surface area contributed by atoms with Crippen LogP contribution in [0.2, 0.25) is 0 Å². The minimum absolute atomic E-state index is 0.0734. The summed E-state index contributed by atoms with van der Waals surface area (Å²) >= 11 is 0. The van der Waals surface area contributed by atoms with E-state index in [2.05, 4.69) is 14.9 Å². The van der Waals surface area contributed by atoms with Crippen molar-refractivity contribution in [3.63, 3.8) is 0 Å². The topological polar surface area (TPSA) is 123 Å². The van der Waals surface area contributed by atoms with Crippen molar-refractivity contribution in [3.8, 4) is 0 Å². The molecule has 1 aromatic rings. The van der Waals surface area contributed by atoms with Crippen LogP contribution < -0.4 is 10.5 Å². The highest BCUT2D eigenvalue weighted by Crippen LogP contribution is 2.30. The SMILES string of the molecule is Cn1cnc(S(=O)(=O)NC2(C(N)=NO)CCCCC2)c1. The van der Waals surface area contributed by atoms with E-state index in [9.17, 15) is 8.42 Å². The zero-order valence-corrected chi connectivity index (χ0v) is 12.1. The lowest BCUT2D eigenvalue weighted by molar-refractivity contribution is 0.293. The quantitative estimate of drug-likeness (QED) is 0.316. The molecule has 1 aliphatic rings. The van der Waals surface area contributed by atoms with Crippen molar-refractivity contribution in [1.82, 2.24) is 14.3 Å². The first-order chi connectivity index (χ1) is 9.39. The number of amidine groups is 1. The Labute approximate surface area is 117 Å². The van der Waals surface area contributed by atoms with Crippen molar-refractivity contribution in [2.45, 2.75) is 42.7 Å². The van der Waals surface area contributed by atoms with Crippen LogP contribution in [0.1, 0.15) is 32.1 Å². The molecule has 0 bridgehead atoms. The number of imidazole rings is 1. The fraction of sp³-hybridized carbons (Fsp3) is 0.636. The minimum Gasteiger partial charge on any atom is -0.409 e. The highest BCUT2D eigenvalue weighted by molar-refractivity contribution is 7.89. The maximum absolute atomic E-state index is 12.4. The highest BCUT2D eigenvalue weighted by Gasteiger charge is 2.41. The Kier molecular flexibility index (Phi) is 4.00. The smallest absolute Gasteiger partial charge is 0.260 e. The van der Waals surface area contributed by atoms with Gasteiger partial charge in [-0.3, -0.25) is 0 Å². The second kappa shape index (κ2) is 5.41. The monoisotopic (exact) mass is 301 g/mol. The predicted octanol–water partition coefficient (Wildman–Crippen LogP) is 0.148. The van der Waals surface area contributed by atoms with Crippen molar-refractivity contribution in [2.75, 3.05) is 0 Å². The van der Waals surface area contributed by atoms with Crippen LogP contribution in [0.3, 0.4) is 0 Å². The molecule has 0 radical (unpaired) electrons. The van der Waals surface area contributed by atoms with Crippen LogP contribution in [-0.4, -0.2) is 34.6 Å². The number of rotatable bonds is 4. The first-order valence-corrected chi connectivity index (χ1v) is 7.88. The molecule has 0 spiro atoms. The zero-order valence-electron chi connectivity index (χ0n) is 11.3. The van der Waals surface area contributed by atoms with Crippen LogP contribution >= 0.6 is 0 Å². The molecule has 1 aliphatic carbocycles. The van der Waals surface area contributed by atoms with E-state index in [1.807, 2.05) is 0 Å². The van der Waals surface area contributed by atoms with Gasteiger partial charge in [-0.2, -0.15) is 4.72 Å². The summed E-state index contributed by atoms with van der Waals surface area (Å²) in [5.74, 6) is -0.100. The second-order valence-electron chi connectivity index (χ2n) is 5.11. The Balaban J connectivity index is 2.32. The summed E-state index contributed by atoms with van der Waals surface area (Å²) in [6.07, 6.45) is 6.48. The number of hydrogen-bond acceptors (Lipinski definition) is 5. The van der Waals surface area contributed by atoms with Gasteiger partial charge in [0.05, 0.1) is 11.9 Å². The van der Waals surface area contributed by atoms with Crippen LogP contribution in [0.15, 0.2) is 22.7 Å². The first kappa shape index (κ1) is 14.8. The molecule has 0 amide bonds. The molecule has 8 nitrogen and oxygen atoms in total. The molecule has 1 fully saturated rings. The maximum atomic E-state index is 12.4. The average molecular weight is 301 g/mol. The van der Waals surface area contributed by atoms with Gasteiger partial charge in [0.15, 0.2) is 10.9 Å². The standard InChI is InChI=1S/C11H19N5O3S/c1-16-7-9(13-8-16)20(18,19)15-11(10(12)14-17)5-3-2-4-6-11/h7-8,15,17H,2-6H2,1H3,(H2,12,14). The van der Waals surface area contributed by atoms with Crippen molar-refractivity contribution >= 4 is 15.9 Å². The van der Waals surface area contributed by atoms with Crippen LogP contribution in [0.25, 0.3) is 0 Å². The van der Waals surface area contributed by atoms with Crippen molar-refractivity contribution in [2.24, 2.45) is 17.9 Å². The third-order valence-corrected chi connectivity index (χ3v) is 5.01. The van der Waals surface area contributed by atoms with E-state index in [0.717, 1.165) is 19.3 Å². The Hall–Kier alpha value is -1.61. The Bertz CT molecular complexity index is 601. The minimum atomic E-state index is -3.81. The van der Waals surface area contributed by atoms with E-state index >= 15 is 0 Å². The normalized spacial score (nSPS) is 19.9. The highest BCUT2D eigenvalue weighted by atomic mass is 32.2. The van der Waals surface area contributed by atoms with Gasteiger partial charge >= 0.3 is 0 Å². The predicted molar refractivity (Wildman–Crippen MR) is 72.8 cm³/mol. The maximum Gasteiger partial charge on any atom is 0.260 e. The van der Waals surface area contributed by atoms with E-state index in [-0.39, 0.29) is 10.9 Å². The lowest BCUT2D eigenvalue weighted by Crippen LogP contribution is -2.58. The number of nitrogens with two attached hydrogens (primary N) is 1. The van der Waals surface area contributed by atoms with E-state index in [1.54, 1.807) is 11.6 Å². The number of aromatic nitrogens is 2. The zero-order chi connectivity index (χ0) is 14.8. The summed E-state index contributed by atoms with van der Waals surface area (Å²) < 4.78 is 28.8. The van der Waals surface area contributed by atoms with Crippen LogP contribution in [0, 0.1) is 0 Å². The number of aryl methyl sites for hydroxylation is 1. The lowest BCUT2D eigenvalue weighted by Gasteiger charge is -2.36. The third kappa shape index (κ3) is 2.78. The molecule has 0 saturated heterocycles. The third-order valence-electron chi connectivity index (χ3n) is 3.59. The van der Waals surface area contributed by atoms with Gasteiger partial charge in [0.1, 0.15) is 0 Å². The fourth-order valence-corrected chi connectivity index (χ4v) is 3.92. The summed E-state index contributed by atoms with van der Waals surface area (Å²) in [7, 11) is -2.12. The van der Waals surface area contributed by atoms with Crippen LogP contribution in [0.4, 0.5) is 0 Å². The van der Waals surface area contributed by atoms with Crippen molar-refractivity contribution in [1.29, 1.82) is 0 Å². The molecule has 0 aromatic carbocycles.